The molecule has 0 N–H and O–H groups in total. The minimum Gasteiger partial charge on any atom is -0.331 e. The Morgan fingerprint density at radius 3 is 2.59 bits per heavy atom. The van der Waals surface area contributed by atoms with Crippen LogP contribution in [0, 0.1) is 5.92 Å². The van der Waals surface area contributed by atoms with Gasteiger partial charge in [-0.15, -0.1) is 12.6 Å². The highest BCUT2D eigenvalue weighted by molar-refractivity contribution is 8.13. The zero-order chi connectivity index (χ0) is 13.0. The van der Waals surface area contributed by atoms with Crippen LogP contribution in [0.3, 0.4) is 0 Å². The van der Waals surface area contributed by atoms with Crippen molar-refractivity contribution in [3.63, 3.8) is 0 Å². The van der Waals surface area contributed by atoms with Gasteiger partial charge in [-0.05, 0) is 12.3 Å². The molecule has 1 aliphatic rings. The van der Waals surface area contributed by atoms with E-state index in [2.05, 4.69) is 12.6 Å². The third kappa shape index (κ3) is 4.03. The van der Waals surface area contributed by atoms with E-state index in [1.54, 1.807) is 4.90 Å². The number of carbonyl (C=O) groups is 3. The maximum Gasteiger partial charge on any atom is 0.224 e. The Hall–Kier alpha value is -0.490. The summed E-state index contributed by atoms with van der Waals surface area (Å²) in [5.41, 5.74) is 0. The van der Waals surface area contributed by atoms with Crippen molar-refractivity contribution in [3.05, 3.63) is 0 Å². The number of carbonyl (C=O) groups excluding carboxylic acids is 3. The van der Waals surface area contributed by atoms with E-state index in [1.807, 2.05) is 6.92 Å². The molecule has 0 bridgehead atoms. The van der Waals surface area contributed by atoms with E-state index >= 15 is 0 Å². The van der Waals surface area contributed by atoms with Gasteiger partial charge >= 0.3 is 0 Å². The summed E-state index contributed by atoms with van der Waals surface area (Å²) in [7, 11) is 0. The van der Waals surface area contributed by atoms with Crippen LogP contribution in [0.25, 0.3) is 0 Å². The average molecular weight is 275 g/mol. The van der Waals surface area contributed by atoms with Gasteiger partial charge in [-0.1, -0.05) is 18.7 Å². The molecule has 0 aromatic carbocycles. The van der Waals surface area contributed by atoms with E-state index in [4.69, 9.17) is 0 Å². The van der Waals surface area contributed by atoms with Crippen molar-refractivity contribution >= 4 is 40.5 Å². The number of nitrogens with zero attached hydrogens (tertiary/aromatic N) is 1. The highest BCUT2D eigenvalue weighted by Gasteiger charge is 2.37. The number of thioether (sulfide) groups is 1. The van der Waals surface area contributed by atoms with Crippen molar-refractivity contribution in [3.8, 4) is 0 Å². The molecule has 0 aromatic heterocycles. The Bertz CT molecular complexity index is 333. The summed E-state index contributed by atoms with van der Waals surface area (Å²) in [6.07, 6.45) is 1.14. The van der Waals surface area contributed by atoms with Gasteiger partial charge in [-0.3, -0.25) is 14.4 Å². The highest BCUT2D eigenvalue weighted by Crippen LogP contribution is 2.26. The zero-order valence-corrected chi connectivity index (χ0v) is 11.7. The maximum atomic E-state index is 11.9. The lowest BCUT2D eigenvalue weighted by molar-refractivity contribution is -0.135. The summed E-state index contributed by atoms with van der Waals surface area (Å²) in [4.78, 5) is 35.6. The van der Waals surface area contributed by atoms with Gasteiger partial charge in [-0.25, -0.2) is 0 Å². The van der Waals surface area contributed by atoms with Crippen molar-refractivity contribution in [1.29, 1.82) is 0 Å². The standard InChI is InChI=1S/C11H17NO3S2/c1-7-3-5-12(10(7)11(15)16)9(14)4-6-17-8(2)13/h7,10H,3-6H2,1-2H3,(H,15,16)/t7-,10-/m1/s1. The lowest BCUT2D eigenvalue weighted by Gasteiger charge is -2.24. The van der Waals surface area contributed by atoms with Gasteiger partial charge in [0.1, 0.15) is 6.04 Å². The third-order valence-corrected chi connectivity index (χ3v) is 3.97. The molecule has 0 radical (unpaired) electrons. The predicted molar refractivity (Wildman–Crippen MR) is 71.0 cm³/mol. The van der Waals surface area contributed by atoms with E-state index in [0.717, 1.165) is 18.2 Å². The van der Waals surface area contributed by atoms with Crippen LogP contribution in [0.4, 0.5) is 0 Å². The summed E-state index contributed by atoms with van der Waals surface area (Å²) in [5, 5.41) is -0.239. The zero-order valence-electron chi connectivity index (χ0n) is 10.0. The fourth-order valence-corrected chi connectivity index (χ4v) is 2.99. The van der Waals surface area contributed by atoms with Crippen LogP contribution >= 0.6 is 24.4 Å². The topological polar surface area (TPSA) is 54.5 Å². The normalized spacial score (nSPS) is 23.8. The second-order valence-electron chi connectivity index (χ2n) is 4.23. The third-order valence-electron chi connectivity index (χ3n) is 2.89. The molecule has 0 spiro atoms. The molecule has 1 rings (SSSR count). The first-order valence-electron chi connectivity index (χ1n) is 5.59. The maximum absolute atomic E-state index is 11.9. The molecule has 6 heteroatoms. The van der Waals surface area contributed by atoms with Gasteiger partial charge < -0.3 is 4.90 Å². The quantitative estimate of drug-likeness (QED) is 0.787. The smallest absolute Gasteiger partial charge is 0.224 e. The fraction of sp³-hybridized carbons (Fsp3) is 0.727. The summed E-state index contributed by atoms with van der Waals surface area (Å²) >= 11 is 4.98. The van der Waals surface area contributed by atoms with Crippen LogP contribution in [-0.2, 0) is 14.4 Å². The molecule has 96 valence electrons. The number of hydrogen-bond acceptors (Lipinski definition) is 4. The first-order chi connectivity index (χ1) is 7.93. The minimum atomic E-state index is -0.395. The van der Waals surface area contributed by atoms with Gasteiger partial charge in [0.25, 0.3) is 0 Å². The van der Waals surface area contributed by atoms with Crippen molar-refractivity contribution < 1.29 is 14.4 Å². The Balaban J connectivity index is 2.51. The van der Waals surface area contributed by atoms with E-state index in [0.29, 0.717) is 18.7 Å². The van der Waals surface area contributed by atoms with Crippen molar-refractivity contribution in [2.45, 2.75) is 32.7 Å². The van der Waals surface area contributed by atoms with Crippen LogP contribution in [-0.4, -0.2) is 39.4 Å². The van der Waals surface area contributed by atoms with Gasteiger partial charge in [0.2, 0.25) is 11.0 Å². The number of amides is 1. The molecular weight excluding hydrogens is 258 g/mol. The van der Waals surface area contributed by atoms with E-state index < -0.39 is 6.04 Å². The molecule has 0 aromatic rings. The average Bonchev–Trinajstić information content (AvgIpc) is 2.59. The Kier molecular flexibility index (Phi) is 5.52. The van der Waals surface area contributed by atoms with Crippen molar-refractivity contribution in [2.75, 3.05) is 12.3 Å². The molecular formula is C11H17NO3S2. The molecule has 1 heterocycles. The summed E-state index contributed by atoms with van der Waals surface area (Å²) in [6, 6.07) is -0.395. The first-order valence-corrected chi connectivity index (χ1v) is 7.02. The van der Waals surface area contributed by atoms with Crippen LogP contribution in [0.15, 0.2) is 0 Å². The highest BCUT2D eigenvalue weighted by atomic mass is 32.2. The molecule has 1 aliphatic heterocycles. The van der Waals surface area contributed by atoms with Crippen LogP contribution < -0.4 is 0 Å². The first kappa shape index (κ1) is 14.6. The molecule has 2 atom stereocenters. The second-order valence-corrected chi connectivity index (χ2v) is 5.94. The fourth-order valence-electron chi connectivity index (χ4n) is 2.03. The largest absolute Gasteiger partial charge is 0.331 e. The minimum absolute atomic E-state index is 0.00871. The van der Waals surface area contributed by atoms with Gasteiger partial charge in [0.05, 0.1) is 0 Å². The Morgan fingerprint density at radius 2 is 2.06 bits per heavy atom. The van der Waals surface area contributed by atoms with E-state index in [1.165, 1.54) is 6.92 Å². The second kappa shape index (κ2) is 6.44. The summed E-state index contributed by atoms with van der Waals surface area (Å²) in [5.74, 6) is 0.590. The van der Waals surface area contributed by atoms with Crippen LogP contribution in [0.5, 0.6) is 0 Å². The molecule has 17 heavy (non-hydrogen) atoms. The van der Waals surface area contributed by atoms with Crippen LogP contribution in [0.1, 0.15) is 26.7 Å². The molecule has 1 saturated heterocycles. The van der Waals surface area contributed by atoms with Crippen molar-refractivity contribution in [2.24, 2.45) is 5.92 Å². The van der Waals surface area contributed by atoms with Crippen LogP contribution in [0.2, 0.25) is 0 Å². The van der Waals surface area contributed by atoms with Gasteiger partial charge in [-0.2, -0.15) is 0 Å². The SMILES string of the molecule is CC(=O)SCCC(=O)N1CC[C@@H](C)[C@@H]1C(=O)S. The predicted octanol–water partition coefficient (Wildman–Crippen LogP) is 1.35. The van der Waals surface area contributed by atoms with E-state index in [9.17, 15) is 14.4 Å². The molecule has 1 amide bonds. The molecule has 1 fully saturated rings. The molecule has 4 nitrogen and oxygen atoms in total. The van der Waals surface area contributed by atoms with Gasteiger partial charge in [0.15, 0.2) is 5.12 Å². The van der Waals surface area contributed by atoms with E-state index in [-0.39, 0.29) is 22.1 Å². The lowest BCUT2D eigenvalue weighted by atomic mass is 10.0. The monoisotopic (exact) mass is 275 g/mol. The molecule has 0 aliphatic carbocycles. The van der Waals surface area contributed by atoms with Gasteiger partial charge in [0, 0.05) is 25.6 Å². The van der Waals surface area contributed by atoms with Crippen molar-refractivity contribution in [1.82, 2.24) is 4.90 Å². The number of hydrogen-bond donors (Lipinski definition) is 1. The lowest BCUT2D eigenvalue weighted by Crippen LogP contribution is -2.41. The summed E-state index contributed by atoms with van der Waals surface area (Å²) in [6.45, 7) is 4.05. The number of likely N-dealkylation sites (tertiary alicyclic amines) is 1. The Morgan fingerprint density at radius 1 is 1.41 bits per heavy atom. The summed E-state index contributed by atoms with van der Waals surface area (Å²) < 4.78 is 0. The Labute approximate surface area is 111 Å². The number of thiol groups is 1. The molecule has 0 saturated carbocycles. The number of rotatable bonds is 4. The molecule has 0 unspecified atom stereocenters.